The lowest BCUT2D eigenvalue weighted by molar-refractivity contribution is -0.0356. The number of hydrogen-bond donors (Lipinski definition) is 3. The monoisotopic (exact) mass is 246 g/mol. The number of nitrogens with one attached hydrogen (secondary N) is 1. The van der Waals surface area contributed by atoms with Gasteiger partial charge in [-0.05, 0) is 6.92 Å². The summed E-state index contributed by atoms with van der Waals surface area (Å²) in [5, 5.41) is 19.1. The molecule has 1 aliphatic heterocycles. The Kier molecular flexibility index (Phi) is 2.86. The van der Waals surface area contributed by atoms with Gasteiger partial charge >= 0.3 is 5.69 Å². The molecule has 3 N–H and O–H groups in total. The van der Waals surface area contributed by atoms with Crippen LogP contribution in [0, 0.1) is 5.82 Å². The van der Waals surface area contributed by atoms with E-state index in [2.05, 4.69) is 0 Å². The Bertz CT molecular complexity index is 539. The van der Waals surface area contributed by atoms with Crippen LogP contribution in [0.5, 0.6) is 0 Å². The van der Waals surface area contributed by atoms with Crippen LogP contribution in [-0.2, 0) is 4.74 Å². The Balaban J connectivity index is 2.46. The first-order chi connectivity index (χ1) is 7.91. The zero-order valence-electron chi connectivity index (χ0n) is 8.83. The van der Waals surface area contributed by atoms with Gasteiger partial charge in [0.2, 0.25) is 5.82 Å². The molecular weight excluding hydrogens is 235 g/mol. The highest BCUT2D eigenvalue weighted by atomic mass is 19.1. The summed E-state index contributed by atoms with van der Waals surface area (Å²) < 4.78 is 18.9. The predicted molar refractivity (Wildman–Crippen MR) is 52.9 cm³/mol. The van der Waals surface area contributed by atoms with Crippen molar-refractivity contribution in [2.24, 2.45) is 0 Å². The van der Waals surface area contributed by atoms with Gasteiger partial charge in [-0.1, -0.05) is 0 Å². The zero-order valence-corrected chi connectivity index (χ0v) is 8.83. The molecule has 0 saturated carbocycles. The van der Waals surface area contributed by atoms with Gasteiger partial charge in [-0.3, -0.25) is 14.3 Å². The first-order valence-electron chi connectivity index (χ1n) is 4.94. The Hall–Kier alpha value is -1.51. The quantitative estimate of drug-likeness (QED) is 0.548. The van der Waals surface area contributed by atoms with E-state index in [9.17, 15) is 24.2 Å². The minimum absolute atomic E-state index is 0.639. The van der Waals surface area contributed by atoms with E-state index in [1.807, 2.05) is 0 Å². The summed E-state index contributed by atoms with van der Waals surface area (Å²) in [6.45, 7) is 1.50. The minimum atomic E-state index is -1.37. The highest BCUT2D eigenvalue weighted by molar-refractivity contribution is 4.93. The maximum Gasteiger partial charge on any atom is 0.330 e. The summed E-state index contributed by atoms with van der Waals surface area (Å²) in [4.78, 5) is 24.0. The van der Waals surface area contributed by atoms with Gasteiger partial charge in [0.05, 0.1) is 12.3 Å². The van der Waals surface area contributed by atoms with Gasteiger partial charge in [-0.15, -0.1) is 0 Å². The van der Waals surface area contributed by atoms with Crippen LogP contribution in [0.4, 0.5) is 4.39 Å². The number of ether oxygens (including phenoxy) is 1. The molecule has 0 unspecified atom stereocenters. The summed E-state index contributed by atoms with van der Waals surface area (Å²) in [5.41, 5.74) is -2.06. The molecule has 1 aliphatic rings. The normalized spacial score (nSPS) is 32.9. The zero-order chi connectivity index (χ0) is 12.7. The molecular formula is C9H11FN2O5. The summed E-state index contributed by atoms with van der Waals surface area (Å²) in [5.74, 6) is -1.17. The van der Waals surface area contributed by atoms with E-state index in [1.54, 1.807) is 4.98 Å². The third-order valence-electron chi connectivity index (χ3n) is 2.68. The predicted octanol–water partition coefficient (Wildman–Crippen LogP) is -1.69. The summed E-state index contributed by atoms with van der Waals surface area (Å²) in [6, 6.07) is 0. The van der Waals surface area contributed by atoms with Crippen LogP contribution in [0.25, 0.3) is 0 Å². The van der Waals surface area contributed by atoms with Crippen LogP contribution >= 0.6 is 0 Å². The van der Waals surface area contributed by atoms with Gasteiger partial charge in [-0.2, -0.15) is 4.39 Å². The van der Waals surface area contributed by atoms with Crippen molar-refractivity contribution in [3.63, 3.8) is 0 Å². The van der Waals surface area contributed by atoms with Gasteiger partial charge in [0, 0.05) is 0 Å². The second-order valence-corrected chi connectivity index (χ2v) is 3.86. The molecule has 0 bridgehead atoms. The topological polar surface area (TPSA) is 105 Å². The van der Waals surface area contributed by atoms with E-state index in [0.717, 1.165) is 0 Å². The van der Waals surface area contributed by atoms with E-state index < -0.39 is 41.6 Å². The lowest BCUT2D eigenvalue weighted by atomic mass is 10.1. The van der Waals surface area contributed by atoms with Crippen molar-refractivity contribution in [1.29, 1.82) is 0 Å². The van der Waals surface area contributed by atoms with E-state index in [1.165, 1.54) is 6.92 Å². The Morgan fingerprint density at radius 2 is 2.06 bits per heavy atom. The number of halogens is 1. The molecule has 1 aromatic heterocycles. The molecule has 0 aromatic carbocycles. The molecule has 0 radical (unpaired) electrons. The molecule has 0 amide bonds. The molecule has 1 aromatic rings. The lowest BCUT2D eigenvalue weighted by Gasteiger charge is -2.16. The lowest BCUT2D eigenvalue weighted by Crippen LogP contribution is -2.38. The molecule has 94 valence electrons. The third kappa shape index (κ3) is 1.90. The molecule has 2 rings (SSSR count). The van der Waals surface area contributed by atoms with Crippen molar-refractivity contribution in [2.75, 3.05) is 0 Å². The average molecular weight is 246 g/mol. The average Bonchev–Trinajstić information content (AvgIpc) is 2.51. The molecule has 8 heteroatoms. The van der Waals surface area contributed by atoms with Crippen LogP contribution in [-0.4, -0.2) is 38.1 Å². The number of aromatic nitrogens is 2. The van der Waals surface area contributed by atoms with E-state index >= 15 is 0 Å². The second-order valence-electron chi connectivity index (χ2n) is 3.86. The van der Waals surface area contributed by atoms with Crippen molar-refractivity contribution < 1.29 is 19.3 Å². The van der Waals surface area contributed by atoms with Crippen molar-refractivity contribution in [3.8, 4) is 0 Å². The molecule has 0 aliphatic carbocycles. The van der Waals surface area contributed by atoms with Crippen LogP contribution < -0.4 is 11.2 Å². The maximum atomic E-state index is 13.0. The van der Waals surface area contributed by atoms with Crippen molar-refractivity contribution >= 4 is 0 Å². The maximum absolute atomic E-state index is 13.0. The fourth-order valence-corrected chi connectivity index (χ4v) is 1.71. The highest BCUT2D eigenvalue weighted by Gasteiger charge is 2.41. The van der Waals surface area contributed by atoms with E-state index in [4.69, 9.17) is 4.74 Å². The van der Waals surface area contributed by atoms with Gasteiger partial charge < -0.3 is 14.9 Å². The molecule has 0 spiro atoms. The van der Waals surface area contributed by atoms with Crippen LogP contribution in [0.1, 0.15) is 13.2 Å². The number of aromatic amines is 1. The van der Waals surface area contributed by atoms with E-state index in [0.29, 0.717) is 10.8 Å². The van der Waals surface area contributed by atoms with E-state index in [-0.39, 0.29) is 0 Å². The molecule has 1 saturated heterocycles. The smallest absolute Gasteiger partial charge is 0.330 e. The summed E-state index contributed by atoms with van der Waals surface area (Å²) in [6.07, 6.45) is -3.83. The molecule has 7 nitrogen and oxygen atoms in total. The number of rotatable bonds is 1. The Morgan fingerprint density at radius 1 is 1.41 bits per heavy atom. The van der Waals surface area contributed by atoms with Crippen molar-refractivity contribution in [1.82, 2.24) is 9.55 Å². The minimum Gasteiger partial charge on any atom is -0.388 e. The van der Waals surface area contributed by atoms with Crippen LogP contribution in [0.2, 0.25) is 0 Å². The summed E-state index contributed by atoms with van der Waals surface area (Å²) >= 11 is 0. The molecule has 4 atom stereocenters. The van der Waals surface area contributed by atoms with Gasteiger partial charge in [-0.25, -0.2) is 4.79 Å². The van der Waals surface area contributed by atoms with Crippen LogP contribution in [0.15, 0.2) is 15.8 Å². The molecule has 1 fully saturated rings. The standard InChI is InChI=1S/C9H11FN2O5/c1-3-5(13)6(14)8(17-3)12-2-4(10)7(15)11-9(12)16/h2-3,5-6,8,13-14H,1H3,(H,11,15,16)/t3-,5+,6-,8-/m1/s1. The van der Waals surface area contributed by atoms with Crippen LogP contribution in [0.3, 0.4) is 0 Å². The SMILES string of the molecule is C[C@H]1O[C@@H](n2cc(F)c(=O)[nH]c2=O)[C@H](O)[C@H]1O. The van der Waals surface area contributed by atoms with Gasteiger partial charge in [0.1, 0.15) is 12.2 Å². The first kappa shape index (κ1) is 12.0. The number of hydrogen-bond acceptors (Lipinski definition) is 5. The first-order valence-corrected chi connectivity index (χ1v) is 4.94. The van der Waals surface area contributed by atoms with Gasteiger partial charge in [0.25, 0.3) is 5.56 Å². The van der Waals surface area contributed by atoms with Gasteiger partial charge in [0.15, 0.2) is 6.23 Å². The molecule has 2 heterocycles. The third-order valence-corrected chi connectivity index (χ3v) is 2.68. The number of aliphatic hydroxyl groups is 2. The molecule has 17 heavy (non-hydrogen) atoms. The van der Waals surface area contributed by atoms with Crippen molar-refractivity contribution in [3.05, 3.63) is 32.9 Å². The summed E-state index contributed by atoms with van der Waals surface area (Å²) in [7, 11) is 0. The number of nitrogens with zero attached hydrogens (tertiary/aromatic N) is 1. The number of aliphatic hydroxyl groups excluding tert-OH is 2. The second kappa shape index (κ2) is 4.06. The fourth-order valence-electron chi connectivity index (χ4n) is 1.71. The number of H-pyrrole nitrogens is 1. The fraction of sp³-hybridized carbons (Fsp3) is 0.556. The largest absolute Gasteiger partial charge is 0.388 e. The van der Waals surface area contributed by atoms with Crippen molar-refractivity contribution in [2.45, 2.75) is 31.5 Å². The Labute approximate surface area is 94.1 Å². The Morgan fingerprint density at radius 3 is 2.59 bits per heavy atom. The highest BCUT2D eigenvalue weighted by Crippen LogP contribution is 2.27.